The van der Waals surface area contributed by atoms with Gasteiger partial charge in [0.05, 0.1) is 12.0 Å². The zero-order valence-corrected chi connectivity index (χ0v) is 24.8. The highest BCUT2D eigenvalue weighted by atomic mass is 35.5. The smallest absolute Gasteiger partial charge is 0.438 e. The second-order valence-corrected chi connectivity index (χ2v) is 11.0. The molecule has 0 aromatic heterocycles. The summed E-state index contributed by atoms with van der Waals surface area (Å²) in [6.07, 6.45) is 0. The number of amidine groups is 1. The van der Waals surface area contributed by atoms with Gasteiger partial charge in [-0.15, -0.1) is 4.48 Å². The number of aromatic hydroxyl groups is 1. The van der Waals surface area contributed by atoms with Gasteiger partial charge in [-0.2, -0.15) is 4.99 Å². The van der Waals surface area contributed by atoms with Crippen molar-refractivity contribution in [3.63, 3.8) is 0 Å². The Morgan fingerprint density at radius 1 is 1.00 bits per heavy atom. The van der Waals surface area contributed by atoms with Crippen LogP contribution in [0.15, 0.2) is 107 Å². The van der Waals surface area contributed by atoms with E-state index >= 15 is 0 Å². The van der Waals surface area contributed by atoms with Crippen LogP contribution in [0.5, 0.6) is 11.5 Å². The lowest BCUT2D eigenvalue weighted by Crippen LogP contribution is -2.55. The van der Waals surface area contributed by atoms with E-state index in [-0.39, 0.29) is 61.9 Å². The number of hydrogen-bond acceptors (Lipinski definition) is 8. The normalized spacial score (nSPS) is 20.5. The number of nitrogens with zero attached hydrogens (tertiary/aromatic N) is 3. The molecule has 12 nitrogen and oxygen atoms in total. The first-order chi connectivity index (χ1) is 21.5. The first-order valence-corrected chi connectivity index (χ1v) is 14.1. The standard InChI is InChI=1S/C31H22Cl2N6O6/c1-45-25-11-3-2-10-24(25)39(23-13-12-19(32)16-22(23)33)29-27(35-30(39)42)26(28(34)41)36-31(37-29,18-7-5-9-21(40)15-18)17-6-4-8-20(14-17)38(43)44/h2-16H,1H3,(H4-,34,35,36,37,40,41,42)/p+1. The fourth-order valence-electron chi connectivity index (χ4n) is 5.68. The number of nitrogens with one attached hydrogen (secondary N) is 2. The van der Waals surface area contributed by atoms with Crippen molar-refractivity contribution in [3.05, 3.63) is 134 Å². The first kappa shape index (κ1) is 29.6. The molecule has 4 aromatic carbocycles. The summed E-state index contributed by atoms with van der Waals surface area (Å²) in [6, 6.07) is 22.1. The van der Waals surface area contributed by atoms with Crippen LogP contribution in [0.25, 0.3) is 0 Å². The molecule has 2 aliphatic rings. The monoisotopic (exact) mass is 645 g/mol. The molecule has 226 valence electrons. The number of nitrogens with two attached hydrogens (primary N) is 1. The van der Waals surface area contributed by atoms with Crippen molar-refractivity contribution in [2.45, 2.75) is 5.66 Å². The number of fused-ring (bicyclic) bond motifs is 1. The van der Waals surface area contributed by atoms with Crippen molar-refractivity contribution in [2.75, 3.05) is 7.11 Å². The van der Waals surface area contributed by atoms with Crippen LogP contribution in [0.2, 0.25) is 10.0 Å². The van der Waals surface area contributed by atoms with E-state index in [2.05, 4.69) is 10.6 Å². The van der Waals surface area contributed by atoms with Crippen LogP contribution in [0.4, 0.5) is 21.9 Å². The van der Waals surface area contributed by atoms with Crippen molar-refractivity contribution in [1.29, 1.82) is 0 Å². The first-order valence-electron chi connectivity index (χ1n) is 13.3. The zero-order chi connectivity index (χ0) is 32.1. The van der Waals surface area contributed by atoms with E-state index in [4.69, 9.17) is 38.7 Å². The van der Waals surface area contributed by atoms with Gasteiger partial charge in [-0.1, -0.05) is 59.6 Å². The highest BCUT2D eigenvalue weighted by Crippen LogP contribution is 2.51. The maximum absolute atomic E-state index is 14.5. The van der Waals surface area contributed by atoms with Crippen LogP contribution >= 0.6 is 23.2 Å². The Morgan fingerprint density at radius 3 is 2.38 bits per heavy atom. The number of primary amides is 1. The minimum Gasteiger partial charge on any atom is -0.508 e. The SMILES string of the molecule is COc1ccccc1[N+]1(c2ccc(Cl)cc2Cl)C(=O)NC2=C(C(N)=O)NC(c3cccc(O)c3)(c3cccc([N+](=O)[O-])c3)N=C21. The van der Waals surface area contributed by atoms with Gasteiger partial charge < -0.3 is 20.9 Å². The number of hydrogen-bond donors (Lipinski definition) is 4. The fraction of sp³-hybridized carbons (Fsp3) is 0.0645. The number of phenols is 1. The number of benzene rings is 4. The molecular formula is C31H23Cl2N6O6+. The molecule has 0 spiro atoms. The molecule has 14 heteroatoms. The van der Waals surface area contributed by atoms with E-state index in [0.717, 1.165) is 0 Å². The van der Waals surface area contributed by atoms with Gasteiger partial charge in [-0.05, 0) is 30.3 Å². The second-order valence-electron chi connectivity index (χ2n) is 10.1. The van der Waals surface area contributed by atoms with Crippen LogP contribution in [0.1, 0.15) is 11.1 Å². The number of amides is 3. The molecule has 4 aromatic rings. The van der Waals surface area contributed by atoms with Gasteiger partial charge in [0.1, 0.15) is 16.5 Å². The number of para-hydroxylation sites is 2. The van der Waals surface area contributed by atoms with Crippen LogP contribution in [0.3, 0.4) is 0 Å². The minimum absolute atomic E-state index is 0.0453. The molecule has 0 radical (unpaired) electrons. The summed E-state index contributed by atoms with van der Waals surface area (Å²) < 4.78 is 4.85. The summed E-state index contributed by atoms with van der Waals surface area (Å²) in [5.41, 5.74) is 4.46. The molecule has 0 bridgehead atoms. The third-order valence-corrected chi connectivity index (χ3v) is 8.15. The highest BCUT2D eigenvalue weighted by Gasteiger charge is 2.62. The molecular weight excluding hydrogens is 623 g/mol. The van der Waals surface area contributed by atoms with Crippen molar-refractivity contribution in [2.24, 2.45) is 10.7 Å². The van der Waals surface area contributed by atoms with Gasteiger partial charge in [0.2, 0.25) is 0 Å². The number of halogens is 2. The Morgan fingerprint density at radius 2 is 1.71 bits per heavy atom. The van der Waals surface area contributed by atoms with E-state index in [1.54, 1.807) is 54.6 Å². The van der Waals surface area contributed by atoms with Crippen molar-refractivity contribution >= 4 is 58.0 Å². The summed E-state index contributed by atoms with van der Waals surface area (Å²) in [4.78, 5) is 44.1. The third kappa shape index (κ3) is 4.54. The van der Waals surface area contributed by atoms with E-state index in [1.807, 2.05) is 0 Å². The number of methoxy groups -OCH3 is 1. The number of aliphatic imine (C=N–C) groups is 1. The average molecular weight is 646 g/mol. The summed E-state index contributed by atoms with van der Waals surface area (Å²) in [6.45, 7) is 0. The molecule has 3 amide bonds. The number of nitro groups is 1. The van der Waals surface area contributed by atoms with Gasteiger partial charge in [-0.3, -0.25) is 20.2 Å². The highest BCUT2D eigenvalue weighted by molar-refractivity contribution is 6.39. The lowest BCUT2D eigenvalue weighted by Gasteiger charge is -2.38. The van der Waals surface area contributed by atoms with Gasteiger partial charge >= 0.3 is 6.03 Å². The van der Waals surface area contributed by atoms with Gasteiger partial charge in [0.15, 0.2) is 28.5 Å². The molecule has 0 saturated carbocycles. The van der Waals surface area contributed by atoms with Crippen molar-refractivity contribution in [1.82, 2.24) is 15.1 Å². The van der Waals surface area contributed by atoms with Gasteiger partial charge in [-0.25, -0.2) is 4.79 Å². The Balaban J connectivity index is 1.81. The molecule has 2 heterocycles. The number of non-ortho nitro benzene ring substituents is 1. The average Bonchev–Trinajstić information content (AvgIpc) is 3.31. The van der Waals surface area contributed by atoms with Crippen molar-refractivity contribution in [3.8, 4) is 11.5 Å². The number of phenolic OH excluding ortho intramolecular Hbond substituents is 1. The number of quaternary nitrogens is 1. The summed E-state index contributed by atoms with van der Waals surface area (Å²) >= 11 is 13.1. The maximum Gasteiger partial charge on any atom is 0.438 e. The van der Waals surface area contributed by atoms with Gasteiger partial charge in [0.25, 0.3) is 17.4 Å². The summed E-state index contributed by atoms with van der Waals surface area (Å²) in [5.74, 6) is -0.882. The topological polar surface area (TPSA) is 169 Å². The Hall–Kier alpha value is -5.43. The Labute approximate surface area is 265 Å². The molecule has 5 N–H and O–H groups in total. The van der Waals surface area contributed by atoms with E-state index in [1.165, 1.54) is 43.5 Å². The number of rotatable bonds is 7. The largest absolute Gasteiger partial charge is 0.508 e. The van der Waals surface area contributed by atoms with Crippen LogP contribution in [-0.2, 0) is 10.5 Å². The number of urea groups is 1. The van der Waals surface area contributed by atoms with Crippen LogP contribution < -0.4 is 25.6 Å². The predicted octanol–water partition coefficient (Wildman–Crippen LogP) is 5.58. The molecule has 0 aliphatic carbocycles. The quantitative estimate of drug-likeness (QED) is 0.115. The van der Waals surface area contributed by atoms with Gasteiger partial charge in [0, 0.05) is 40.4 Å². The summed E-state index contributed by atoms with van der Waals surface area (Å²) in [7, 11) is 1.43. The van der Waals surface area contributed by atoms with Crippen molar-refractivity contribution < 1.29 is 24.4 Å². The predicted molar refractivity (Wildman–Crippen MR) is 168 cm³/mol. The van der Waals surface area contributed by atoms with E-state index in [0.29, 0.717) is 5.02 Å². The molecule has 2 atom stereocenters. The lowest BCUT2D eigenvalue weighted by atomic mass is 9.88. The summed E-state index contributed by atoms with van der Waals surface area (Å²) in [5, 5.41) is 28.6. The molecule has 45 heavy (non-hydrogen) atoms. The Kier molecular flexibility index (Phi) is 7.20. The molecule has 2 aliphatic heterocycles. The lowest BCUT2D eigenvalue weighted by molar-refractivity contribution is -0.385. The molecule has 6 rings (SSSR count). The van der Waals surface area contributed by atoms with E-state index < -0.39 is 27.0 Å². The number of nitro benzene ring substituents is 1. The minimum atomic E-state index is -1.84. The van der Waals surface area contributed by atoms with Crippen LogP contribution in [0, 0.1) is 10.1 Å². The molecule has 1 saturated heterocycles. The molecule has 1 fully saturated rings. The number of carbonyl (C=O) groups excluding carboxylic acids is 2. The fourth-order valence-corrected chi connectivity index (χ4v) is 6.22. The zero-order valence-electron chi connectivity index (χ0n) is 23.3. The third-order valence-electron chi connectivity index (χ3n) is 7.61. The number of ether oxygens (including phenoxy) is 1. The Bertz CT molecular complexity index is 2000. The van der Waals surface area contributed by atoms with Crippen LogP contribution in [-0.4, -0.2) is 34.9 Å². The second kappa shape index (κ2) is 10.9. The van der Waals surface area contributed by atoms with E-state index in [9.17, 15) is 24.8 Å². The maximum atomic E-state index is 14.5. The number of carbonyl (C=O) groups is 2. The molecule has 2 unspecified atom stereocenters.